The van der Waals surface area contributed by atoms with Crippen LogP contribution < -0.4 is 5.32 Å². The largest absolute Gasteiger partial charge is 0.364 e. The molecule has 0 spiro atoms. The van der Waals surface area contributed by atoms with Crippen LogP contribution in [0, 0.1) is 6.92 Å². The second-order valence-corrected chi connectivity index (χ2v) is 5.54. The zero-order chi connectivity index (χ0) is 15.4. The second-order valence-electron chi connectivity index (χ2n) is 5.11. The molecular weight excluding hydrogens is 294 g/mol. The van der Waals surface area contributed by atoms with Gasteiger partial charge >= 0.3 is 0 Å². The molecule has 3 rings (SSSR count). The highest BCUT2D eigenvalue weighted by molar-refractivity contribution is 6.30. The zero-order valence-electron chi connectivity index (χ0n) is 12.3. The van der Waals surface area contributed by atoms with Gasteiger partial charge in [-0.3, -0.25) is 4.98 Å². The fraction of sp³-hybridized carbons (Fsp3) is 0.111. The summed E-state index contributed by atoms with van der Waals surface area (Å²) < 4.78 is 0. The van der Waals surface area contributed by atoms with E-state index < -0.39 is 0 Å². The molecule has 0 aliphatic rings. The van der Waals surface area contributed by atoms with Crippen LogP contribution in [0.4, 0.5) is 5.82 Å². The van der Waals surface area contributed by atoms with E-state index in [-0.39, 0.29) is 0 Å². The van der Waals surface area contributed by atoms with Crippen molar-refractivity contribution in [1.82, 2.24) is 9.97 Å². The molecule has 0 unspecified atom stereocenters. The molecule has 3 aromatic rings. The number of hydrogen-bond acceptors (Lipinski definition) is 3. The predicted octanol–water partition coefficient (Wildman–Crippen LogP) is 4.72. The van der Waals surface area contributed by atoms with Crippen LogP contribution in [0.3, 0.4) is 0 Å². The van der Waals surface area contributed by atoms with Crippen LogP contribution in [0.1, 0.15) is 11.1 Å². The Kier molecular flexibility index (Phi) is 4.35. The Hall–Kier alpha value is -2.39. The van der Waals surface area contributed by atoms with Crippen molar-refractivity contribution < 1.29 is 0 Å². The van der Waals surface area contributed by atoms with Crippen LogP contribution in [-0.2, 0) is 6.54 Å². The number of nitrogens with one attached hydrogen (secondary N) is 1. The Morgan fingerprint density at radius 3 is 2.64 bits per heavy atom. The Bertz CT molecular complexity index is 787. The van der Waals surface area contributed by atoms with E-state index in [1.807, 2.05) is 24.3 Å². The first kappa shape index (κ1) is 14.5. The summed E-state index contributed by atoms with van der Waals surface area (Å²) in [5.74, 6) is 0.756. The van der Waals surface area contributed by atoms with Crippen molar-refractivity contribution in [2.45, 2.75) is 13.5 Å². The molecule has 1 N–H and O–H groups in total. The number of hydrogen-bond donors (Lipinski definition) is 1. The minimum atomic E-state index is 0.688. The van der Waals surface area contributed by atoms with Crippen LogP contribution in [0.5, 0.6) is 0 Å². The van der Waals surface area contributed by atoms with Gasteiger partial charge in [-0.2, -0.15) is 0 Å². The van der Waals surface area contributed by atoms with Gasteiger partial charge in [0.15, 0.2) is 5.82 Å². The number of nitrogens with zero attached hydrogens (tertiary/aromatic N) is 2. The standard InChI is InChI=1S/C18H16ClN3/c1-13-4-2-5-14(10-13)12-22-18-17(20-8-9-21-18)15-6-3-7-16(19)11-15/h2-11H,12H2,1H3,(H,21,22). The third kappa shape index (κ3) is 3.43. The molecule has 0 saturated heterocycles. The maximum atomic E-state index is 6.07. The Morgan fingerprint density at radius 1 is 1.00 bits per heavy atom. The molecular formula is C18H16ClN3. The first-order valence-electron chi connectivity index (χ1n) is 7.09. The third-order valence-corrected chi connectivity index (χ3v) is 3.57. The van der Waals surface area contributed by atoms with Crippen molar-refractivity contribution in [2.75, 3.05) is 5.32 Å². The number of rotatable bonds is 4. The smallest absolute Gasteiger partial charge is 0.152 e. The fourth-order valence-electron chi connectivity index (χ4n) is 2.32. The first-order valence-corrected chi connectivity index (χ1v) is 7.46. The summed E-state index contributed by atoms with van der Waals surface area (Å²) >= 11 is 6.07. The van der Waals surface area contributed by atoms with E-state index in [1.165, 1.54) is 11.1 Å². The number of aromatic nitrogens is 2. The van der Waals surface area contributed by atoms with Gasteiger partial charge in [0.05, 0.1) is 0 Å². The van der Waals surface area contributed by atoms with E-state index in [9.17, 15) is 0 Å². The van der Waals surface area contributed by atoms with E-state index in [2.05, 4.69) is 46.5 Å². The molecule has 0 amide bonds. The molecule has 2 aromatic carbocycles. The number of aryl methyl sites for hydroxylation is 1. The van der Waals surface area contributed by atoms with Crippen molar-refractivity contribution in [3.05, 3.63) is 77.1 Å². The Morgan fingerprint density at radius 2 is 1.82 bits per heavy atom. The van der Waals surface area contributed by atoms with Crippen LogP contribution >= 0.6 is 11.6 Å². The molecule has 0 aliphatic heterocycles. The lowest BCUT2D eigenvalue weighted by Crippen LogP contribution is -2.04. The highest BCUT2D eigenvalue weighted by atomic mass is 35.5. The van der Waals surface area contributed by atoms with Gasteiger partial charge in [0.25, 0.3) is 0 Å². The Labute approximate surface area is 135 Å². The molecule has 0 atom stereocenters. The molecule has 110 valence electrons. The predicted molar refractivity (Wildman–Crippen MR) is 91.0 cm³/mol. The summed E-state index contributed by atoms with van der Waals surface area (Å²) in [6.45, 7) is 2.79. The zero-order valence-corrected chi connectivity index (χ0v) is 13.0. The highest BCUT2D eigenvalue weighted by Gasteiger charge is 2.08. The molecule has 4 heteroatoms. The molecule has 0 aliphatic carbocycles. The molecule has 1 heterocycles. The molecule has 0 radical (unpaired) electrons. The monoisotopic (exact) mass is 309 g/mol. The lowest BCUT2D eigenvalue weighted by molar-refractivity contribution is 1.09. The van der Waals surface area contributed by atoms with E-state index in [4.69, 9.17) is 11.6 Å². The van der Waals surface area contributed by atoms with E-state index in [0.717, 1.165) is 17.1 Å². The fourth-order valence-corrected chi connectivity index (χ4v) is 2.51. The summed E-state index contributed by atoms with van der Waals surface area (Å²) in [4.78, 5) is 8.84. The number of benzene rings is 2. The topological polar surface area (TPSA) is 37.8 Å². The average molecular weight is 310 g/mol. The van der Waals surface area contributed by atoms with Crippen molar-refractivity contribution in [2.24, 2.45) is 0 Å². The van der Waals surface area contributed by atoms with Crippen LogP contribution in [0.15, 0.2) is 60.9 Å². The normalized spacial score (nSPS) is 10.5. The second kappa shape index (κ2) is 6.58. The van der Waals surface area contributed by atoms with Gasteiger partial charge in [0.2, 0.25) is 0 Å². The maximum Gasteiger partial charge on any atom is 0.152 e. The summed E-state index contributed by atoms with van der Waals surface area (Å²) in [6.07, 6.45) is 3.38. The summed E-state index contributed by atoms with van der Waals surface area (Å²) in [5, 5.41) is 4.05. The van der Waals surface area contributed by atoms with Gasteiger partial charge in [-0.05, 0) is 24.6 Å². The van der Waals surface area contributed by atoms with Gasteiger partial charge in [0.1, 0.15) is 5.69 Å². The number of anilines is 1. The molecule has 0 bridgehead atoms. The van der Waals surface area contributed by atoms with Crippen molar-refractivity contribution >= 4 is 17.4 Å². The minimum absolute atomic E-state index is 0.688. The molecule has 22 heavy (non-hydrogen) atoms. The molecule has 0 saturated carbocycles. The lowest BCUT2D eigenvalue weighted by Gasteiger charge is -2.10. The summed E-state index contributed by atoms with van der Waals surface area (Å²) in [6, 6.07) is 16.0. The highest BCUT2D eigenvalue weighted by Crippen LogP contribution is 2.26. The van der Waals surface area contributed by atoms with Crippen molar-refractivity contribution in [1.29, 1.82) is 0 Å². The third-order valence-electron chi connectivity index (χ3n) is 3.34. The lowest BCUT2D eigenvalue weighted by atomic mass is 10.1. The first-order chi connectivity index (χ1) is 10.7. The summed E-state index contributed by atoms with van der Waals surface area (Å²) in [5.41, 5.74) is 4.21. The molecule has 1 aromatic heterocycles. The van der Waals surface area contributed by atoms with Crippen molar-refractivity contribution in [3.8, 4) is 11.3 Å². The Balaban J connectivity index is 1.85. The maximum absolute atomic E-state index is 6.07. The SMILES string of the molecule is Cc1cccc(CNc2nccnc2-c2cccc(Cl)c2)c1. The van der Waals surface area contributed by atoms with Gasteiger partial charge in [-0.25, -0.2) is 4.98 Å². The molecule has 3 nitrogen and oxygen atoms in total. The average Bonchev–Trinajstić information content (AvgIpc) is 2.53. The van der Waals surface area contributed by atoms with E-state index >= 15 is 0 Å². The van der Waals surface area contributed by atoms with Gasteiger partial charge in [0, 0.05) is 29.5 Å². The number of halogens is 1. The van der Waals surface area contributed by atoms with Gasteiger partial charge in [-0.15, -0.1) is 0 Å². The quantitative estimate of drug-likeness (QED) is 0.758. The van der Waals surface area contributed by atoms with Crippen molar-refractivity contribution in [3.63, 3.8) is 0 Å². The van der Waals surface area contributed by atoms with Gasteiger partial charge in [-0.1, -0.05) is 53.6 Å². The van der Waals surface area contributed by atoms with Gasteiger partial charge < -0.3 is 5.32 Å². The molecule has 0 fully saturated rings. The van der Waals surface area contributed by atoms with E-state index in [1.54, 1.807) is 12.4 Å². The van der Waals surface area contributed by atoms with E-state index in [0.29, 0.717) is 11.6 Å². The van der Waals surface area contributed by atoms with Crippen LogP contribution in [0.2, 0.25) is 5.02 Å². The van der Waals surface area contributed by atoms with Crippen LogP contribution in [-0.4, -0.2) is 9.97 Å². The van der Waals surface area contributed by atoms with Crippen LogP contribution in [0.25, 0.3) is 11.3 Å². The summed E-state index contributed by atoms with van der Waals surface area (Å²) in [7, 11) is 0. The minimum Gasteiger partial charge on any atom is -0.364 e.